The fraction of sp³-hybridized carbons (Fsp3) is 0.692. The van der Waals surface area contributed by atoms with Gasteiger partial charge in [0.25, 0.3) is 0 Å². The zero-order valence-electron chi connectivity index (χ0n) is 9.41. The van der Waals surface area contributed by atoms with Gasteiger partial charge in [0.1, 0.15) is 0 Å². The summed E-state index contributed by atoms with van der Waals surface area (Å²) in [7, 11) is 0. The molecule has 0 aliphatic rings. The number of hydrogen-bond donors (Lipinski definition) is 1. The van der Waals surface area contributed by atoms with E-state index in [4.69, 9.17) is 5.11 Å². The minimum atomic E-state index is 0.307. The van der Waals surface area contributed by atoms with Crippen LogP contribution in [0.15, 0.2) is 24.3 Å². The summed E-state index contributed by atoms with van der Waals surface area (Å²) in [5, 5.41) is 8.54. The van der Waals surface area contributed by atoms with Crippen molar-refractivity contribution in [2.24, 2.45) is 0 Å². The maximum atomic E-state index is 8.54. The highest BCUT2D eigenvalue weighted by molar-refractivity contribution is 4.87. The van der Waals surface area contributed by atoms with Crippen LogP contribution in [0.1, 0.15) is 51.9 Å². The Morgan fingerprint density at radius 2 is 1.29 bits per heavy atom. The summed E-state index contributed by atoms with van der Waals surface area (Å²) in [6, 6.07) is 0. The number of allylic oxidation sites excluding steroid dienone is 4. The van der Waals surface area contributed by atoms with Gasteiger partial charge in [-0.05, 0) is 32.1 Å². The molecule has 1 nitrogen and oxygen atoms in total. The van der Waals surface area contributed by atoms with Gasteiger partial charge in [-0.3, -0.25) is 0 Å². The third-order valence-electron chi connectivity index (χ3n) is 2.09. The molecule has 14 heavy (non-hydrogen) atoms. The van der Waals surface area contributed by atoms with Gasteiger partial charge in [0.2, 0.25) is 0 Å². The summed E-state index contributed by atoms with van der Waals surface area (Å²) in [4.78, 5) is 0. The van der Waals surface area contributed by atoms with Crippen LogP contribution in [0.5, 0.6) is 0 Å². The highest BCUT2D eigenvalue weighted by atomic mass is 16.2. The first kappa shape index (κ1) is 13.4. The summed E-state index contributed by atoms with van der Waals surface area (Å²) in [6.07, 6.45) is 16.9. The zero-order chi connectivity index (χ0) is 10.5. The maximum Gasteiger partial charge on any atom is 0.0433 e. The van der Waals surface area contributed by atoms with E-state index in [0.29, 0.717) is 6.61 Å². The first-order chi connectivity index (χ1) is 6.91. The Bertz CT molecular complexity index is 129. The number of unbranched alkanes of at least 4 members (excludes halogenated alkanes) is 4. The van der Waals surface area contributed by atoms with Crippen LogP contribution in [0.3, 0.4) is 0 Å². The quantitative estimate of drug-likeness (QED) is 0.439. The van der Waals surface area contributed by atoms with Gasteiger partial charge >= 0.3 is 0 Å². The summed E-state index contributed by atoms with van der Waals surface area (Å²) >= 11 is 0. The molecule has 0 aromatic rings. The Balaban J connectivity index is 3.11. The number of hydrogen-bond acceptors (Lipinski definition) is 1. The predicted octanol–water partition coefficient (Wildman–Crippen LogP) is 3.84. The average molecular weight is 196 g/mol. The predicted molar refractivity (Wildman–Crippen MR) is 63.4 cm³/mol. The van der Waals surface area contributed by atoms with E-state index in [2.05, 4.69) is 31.2 Å². The normalized spacial score (nSPS) is 11.9. The fourth-order valence-corrected chi connectivity index (χ4v) is 1.19. The monoisotopic (exact) mass is 196 g/mol. The van der Waals surface area contributed by atoms with Crippen molar-refractivity contribution in [2.75, 3.05) is 6.61 Å². The maximum absolute atomic E-state index is 8.54. The second kappa shape index (κ2) is 12.4. The molecule has 0 aromatic heterocycles. The lowest BCUT2D eigenvalue weighted by atomic mass is 10.2. The highest BCUT2D eigenvalue weighted by Gasteiger charge is 1.80. The molecule has 0 heterocycles. The molecule has 0 saturated heterocycles. The molecule has 0 fully saturated rings. The third kappa shape index (κ3) is 11.4. The van der Waals surface area contributed by atoms with Crippen LogP contribution in [0.4, 0.5) is 0 Å². The molecule has 0 rings (SSSR count). The molecular weight excluding hydrogens is 172 g/mol. The van der Waals surface area contributed by atoms with E-state index >= 15 is 0 Å². The second-order valence-electron chi connectivity index (χ2n) is 3.53. The van der Waals surface area contributed by atoms with Crippen LogP contribution in [0.2, 0.25) is 0 Å². The molecule has 0 amide bonds. The van der Waals surface area contributed by atoms with Crippen LogP contribution in [-0.2, 0) is 0 Å². The average Bonchev–Trinajstić information content (AvgIpc) is 2.21. The van der Waals surface area contributed by atoms with E-state index in [1.165, 1.54) is 19.3 Å². The molecule has 0 unspecified atom stereocenters. The van der Waals surface area contributed by atoms with Gasteiger partial charge in [-0.1, -0.05) is 44.1 Å². The van der Waals surface area contributed by atoms with Gasteiger partial charge in [0.15, 0.2) is 0 Å². The standard InChI is InChI=1S/C13H24O/c1-2-3-4-5-6-7-8-9-10-11-12-13-14/h5-6,9-10,14H,2-4,7-8,11-13H2,1H3/b6-5-,10-9-. The topological polar surface area (TPSA) is 20.2 Å². The third-order valence-corrected chi connectivity index (χ3v) is 2.09. The van der Waals surface area contributed by atoms with Crippen molar-refractivity contribution in [3.63, 3.8) is 0 Å². The lowest BCUT2D eigenvalue weighted by Crippen LogP contribution is -1.78. The molecule has 0 spiro atoms. The van der Waals surface area contributed by atoms with Gasteiger partial charge < -0.3 is 5.11 Å². The second-order valence-corrected chi connectivity index (χ2v) is 3.53. The Morgan fingerprint density at radius 1 is 0.786 bits per heavy atom. The molecule has 0 atom stereocenters. The molecule has 1 heteroatoms. The van der Waals surface area contributed by atoms with Crippen molar-refractivity contribution in [1.82, 2.24) is 0 Å². The van der Waals surface area contributed by atoms with E-state index in [-0.39, 0.29) is 0 Å². The number of aliphatic hydroxyl groups excluding tert-OH is 1. The molecule has 0 aliphatic carbocycles. The first-order valence-corrected chi connectivity index (χ1v) is 5.82. The van der Waals surface area contributed by atoms with E-state index in [9.17, 15) is 0 Å². The molecule has 82 valence electrons. The van der Waals surface area contributed by atoms with Gasteiger partial charge in [0.05, 0.1) is 0 Å². The van der Waals surface area contributed by atoms with Crippen molar-refractivity contribution in [3.05, 3.63) is 24.3 Å². The molecule has 0 radical (unpaired) electrons. The summed E-state index contributed by atoms with van der Waals surface area (Å²) in [6.45, 7) is 2.53. The van der Waals surface area contributed by atoms with E-state index in [1.807, 2.05) is 0 Å². The number of rotatable bonds is 9. The lowest BCUT2D eigenvalue weighted by Gasteiger charge is -1.90. The van der Waals surface area contributed by atoms with Crippen LogP contribution < -0.4 is 0 Å². The van der Waals surface area contributed by atoms with E-state index in [0.717, 1.165) is 25.7 Å². The van der Waals surface area contributed by atoms with Gasteiger partial charge in [-0.15, -0.1) is 0 Å². The summed E-state index contributed by atoms with van der Waals surface area (Å²) in [5.41, 5.74) is 0. The van der Waals surface area contributed by atoms with Gasteiger partial charge in [-0.25, -0.2) is 0 Å². The van der Waals surface area contributed by atoms with Gasteiger partial charge in [0, 0.05) is 6.61 Å². The minimum absolute atomic E-state index is 0.307. The lowest BCUT2D eigenvalue weighted by molar-refractivity contribution is 0.289. The summed E-state index contributed by atoms with van der Waals surface area (Å²) < 4.78 is 0. The fourth-order valence-electron chi connectivity index (χ4n) is 1.19. The Labute approximate surface area is 88.5 Å². The zero-order valence-corrected chi connectivity index (χ0v) is 9.41. The van der Waals surface area contributed by atoms with Crippen LogP contribution >= 0.6 is 0 Å². The molecule has 1 N–H and O–H groups in total. The van der Waals surface area contributed by atoms with E-state index in [1.54, 1.807) is 0 Å². The molecule has 0 bridgehead atoms. The molecule has 0 aliphatic heterocycles. The summed E-state index contributed by atoms with van der Waals surface area (Å²) in [5.74, 6) is 0. The van der Waals surface area contributed by atoms with Crippen molar-refractivity contribution >= 4 is 0 Å². The molecule has 0 saturated carbocycles. The first-order valence-electron chi connectivity index (χ1n) is 5.82. The Kier molecular flexibility index (Phi) is 11.9. The van der Waals surface area contributed by atoms with Crippen LogP contribution in [0.25, 0.3) is 0 Å². The smallest absolute Gasteiger partial charge is 0.0433 e. The minimum Gasteiger partial charge on any atom is -0.396 e. The Hall–Kier alpha value is -0.560. The SMILES string of the molecule is CCCC/C=C\CC/C=C\CCCO. The van der Waals surface area contributed by atoms with E-state index < -0.39 is 0 Å². The molecule has 0 aromatic carbocycles. The Morgan fingerprint density at radius 3 is 1.79 bits per heavy atom. The largest absolute Gasteiger partial charge is 0.396 e. The van der Waals surface area contributed by atoms with Crippen molar-refractivity contribution in [3.8, 4) is 0 Å². The van der Waals surface area contributed by atoms with Crippen molar-refractivity contribution in [2.45, 2.75) is 51.9 Å². The highest BCUT2D eigenvalue weighted by Crippen LogP contribution is 1.99. The van der Waals surface area contributed by atoms with Gasteiger partial charge in [-0.2, -0.15) is 0 Å². The number of aliphatic hydroxyl groups is 1. The van der Waals surface area contributed by atoms with Crippen LogP contribution in [-0.4, -0.2) is 11.7 Å². The van der Waals surface area contributed by atoms with Crippen molar-refractivity contribution < 1.29 is 5.11 Å². The molecular formula is C13H24O. The van der Waals surface area contributed by atoms with Crippen LogP contribution in [0, 0.1) is 0 Å². The van der Waals surface area contributed by atoms with Crippen molar-refractivity contribution in [1.29, 1.82) is 0 Å².